The SMILES string of the molecule is O=Cc1ccc(-c2cccc(OCCOc3ccccc3)c2)o1. The molecule has 0 radical (unpaired) electrons. The Bertz CT molecular complexity index is 762. The molecule has 0 spiro atoms. The maximum absolute atomic E-state index is 10.7. The molecule has 116 valence electrons. The number of aldehydes is 1. The molecule has 4 nitrogen and oxygen atoms in total. The van der Waals surface area contributed by atoms with E-state index in [0.717, 1.165) is 17.1 Å². The van der Waals surface area contributed by atoms with Crippen LogP contribution in [0.4, 0.5) is 0 Å². The normalized spacial score (nSPS) is 10.3. The summed E-state index contributed by atoms with van der Waals surface area (Å²) in [7, 11) is 0. The zero-order valence-corrected chi connectivity index (χ0v) is 12.5. The molecular formula is C19H16O4. The van der Waals surface area contributed by atoms with Crippen LogP contribution in [0, 0.1) is 0 Å². The van der Waals surface area contributed by atoms with Crippen molar-refractivity contribution in [3.63, 3.8) is 0 Å². The molecule has 0 saturated carbocycles. The molecule has 0 amide bonds. The molecule has 0 unspecified atom stereocenters. The summed E-state index contributed by atoms with van der Waals surface area (Å²) in [6.45, 7) is 0.903. The second-order valence-corrected chi connectivity index (χ2v) is 4.86. The van der Waals surface area contributed by atoms with Gasteiger partial charge in [0.25, 0.3) is 0 Å². The first-order valence-corrected chi connectivity index (χ1v) is 7.31. The molecule has 0 atom stereocenters. The summed E-state index contributed by atoms with van der Waals surface area (Å²) in [5, 5.41) is 0. The number of para-hydroxylation sites is 1. The van der Waals surface area contributed by atoms with E-state index in [4.69, 9.17) is 13.9 Å². The molecule has 0 aliphatic heterocycles. The highest BCUT2D eigenvalue weighted by Crippen LogP contribution is 2.25. The van der Waals surface area contributed by atoms with Gasteiger partial charge in [-0.2, -0.15) is 0 Å². The third-order valence-corrected chi connectivity index (χ3v) is 3.23. The van der Waals surface area contributed by atoms with Crippen LogP contribution in [-0.4, -0.2) is 19.5 Å². The number of hydrogen-bond acceptors (Lipinski definition) is 4. The highest BCUT2D eigenvalue weighted by molar-refractivity contribution is 5.73. The molecule has 0 aliphatic rings. The van der Waals surface area contributed by atoms with Gasteiger partial charge >= 0.3 is 0 Å². The van der Waals surface area contributed by atoms with Crippen molar-refractivity contribution >= 4 is 6.29 Å². The van der Waals surface area contributed by atoms with Gasteiger partial charge in [-0.05, 0) is 36.4 Å². The first kappa shape index (κ1) is 14.9. The van der Waals surface area contributed by atoms with Gasteiger partial charge in [-0.25, -0.2) is 0 Å². The lowest BCUT2D eigenvalue weighted by atomic mass is 10.1. The smallest absolute Gasteiger partial charge is 0.185 e. The van der Waals surface area contributed by atoms with Crippen molar-refractivity contribution in [3.05, 3.63) is 72.5 Å². The van der Waals surface area contributed by atoms with E-state index in [0.29, 0.717) is 31.0 Å². The van der Waals surface area contributed by atoms with Gasteiger partial charge in [0.15, 0.2) is 12.0 Å². The molecule has 23 heavy (non-hydrogen) atoms. The Balaban J connectivity index is 1.56. The van der Waals surface area contributed by atoms with Crippen molar-refractivity contribution in [2.24, 2.45) is 0 Å². The van der Waals surface area contributed by atoms with Gasteiger partial charge < -0.3 is 13.9 Å². The summed E-state index contributed by atoms with van der Waals surface area (Å²) in [4.78, 5) is 10.7. The van der Waals surface area contributed by atoms with Crippen molar-refractivity contribution in [3.8, 4) is 22.8 Å². The highest BCUT2D eigenvalue weighted by atomic mass is 16.5. The second kappa shape index (κ2) is 7.31. The van der Waals surface area contributed by atoms with E-state index in [9.17, 15) is 4.79 Å². The van der Waals surface area contributed by atoms with Crippen LogP contribution in [-0.2, 0) is 0 Å². The van der Waals surface area contributed by atoms with Crippen molar-refractivity contribution < 1.29 is 18.7 Å². The van der Waals surface area contributed by atoms with Crippen LogP contribution in [0.2, 0.25) is 0 Å². The van der Waals surface area contributed by atoms with Gasteiger partial charge in [0, 0.05) is 5.56 Å². The quantitative estimate of drug-likeness (QED) is 0.484. The third kappa shape index (κ3) is 4.01. The maximum atomic E-state index is 10.7. The van der Waals surface area contributed by atoms with E-state index >= 15 is 0 Å². The van der Waals surface area contributed by atoms with Gasteiger partial charge in [-0.15, -0.1) is 0 Å². The van der Waals surface area contributed by atoms with Crippen LogP contribution in [0.1, 0.15) is 10.6 Å². The number of ether oxygens (including phenoxy) is 2. The van der Waals surface area contributed by atoms with Crippen molar-refractivity contribution in [2.45, 2.75) is 0 Å². The van der Waals surface area contributed by atoms with Crippen LogP contribution in [0.5, 0.6) is 11.5 Å². The zero-order valence-electron chi connectivity index (χ0n) is 12.5. The van der Waals surface area contributed by atoms with Gasteiger partial charge in [-0.1, -0.05) is 30.3 Å². The molecule has 1 heterocycles. The first-order chi connectivity index (χ1) is 11.3. The molecule has 0 bridgehead atoms. The summed E-state index contributed by atoms with van der Waals surface area (Å²) >= 11 is 0. The molecule has 0 aliphatic carbocycles. The fourth-order valence-electron chi connectivity index (χ4n) is 2.15. The van der Waals surface area contributed by atoms with Crippen LogP contribution < -0.4 is 9.47 Å². The summed E-state index contributed by atoms with van der Waals surface area (Å²) in [5.41, 5.74) is 0.861. The van der Waals surface area contributed by atoms with Gasteiger partial charge in [0.1, 0.15) is 30.5 Å². The van der Waals surface area contributed by atoms with Gasteiger partial charge in [-0.3, -0.25) is 4.79 Å². The lowest BCUT2D eigenvalue weighted by Crippen LogP contribution is -2.08. The standard InChI is InChI=1S/C19H16O4/c20-14-18-9-10-19(23-18)15-5-4-8-17(13-15)22-12-11-21-16-6-2-1-3-7-16/h1-10,13-14H,11-12H2. The molecule has 0 fully saturated rings. The molecule has 2 aromatic carbocycles. The first-order valence-electron chi connectivity index (χ1n) is 7.31. The van der Waals surface area contributed by atoms with E-state index < -0.39 is 0 Å². The van der Waals surface area contributed by atoms with Crippen LogP contribution >= 0.6 is 0 Å². The lowest BCUT2D eigenvalue weighted by Gasteiger charge is -2.09. The van der Waals surface area contributed by atoms with Crippen LogP contribution in [0.3, 0.4) is 0 Å². The zero-order chi connectivity index (χ0) is 15.9. The summed E-state index contributed by atoms with van der Waals surface area (Å²) in [6, 6.07) is 20.5. The minimum atomic E-state index is 0.308. The average molecular weight is 308 g/mol. The topological polar surface area (TPSA) is 48.7 Å². The Labute approximate surface area is 134 Å². The molecular weight excluding hydrogens is 292 g/mol. The van der Waals surface area contributed by atoms with Crippen molar-refractivity contribution in [1.29, 1.82) is 0 Å². The van der Waals surface area contributed by atoms with Crippen LogP contribution in [0.25, 0.3) is 11.3 Å². The highest BCUT2D eigenvalue weighted by Gasteiger charge is 2.05. The predicted octanol–water partition coefficient (Wildman–Crippen LogP) is 4.22. The Morgan fingerprint density at radius 1 is 0.826 bits per heavy atom. The van der Waals surface area contributed by atoms with E-state index in [1.54, 1.807) is 12.1 Å². The molecule has 3 aromatic rings. The van der Waals surface area contributed by atoms with Gasteiger partial charge in [0.2, 0.25) is 0 Å². The number of benzene rings is 2. The van der Waals surface area contributed by atoms with E-state index in [1.807, 2.05) is 54.6 Å². The van der Waals surface area contributed by atoms with Crippen molar-refractivity contribution in [2.75, 3.05) is 13.2 Å². The van der Waals surface area contributed by atoms with E-state index in [1.165, 1.54) is 0 Å². The fraction of sp³-hybridized carbons (Fsp3) is 0.105. The molecule has 1 aromatic heterocycles. The Hall–Kier alpha value is -3.01. The van der Waals surface area contributed by atoms with Crippen molar-refractivity contribution in [1.82, 2.24) is 0 Å². The maximum Gasteiger partial charge on any atom is 0.185 e. The lowest BCUT2D eigenvalue weighted by molar-refractivity contribution is 0.110. The third-order valence-electron chi connectivity index (χ3n) is 3.23. The minimum absolute atomic E-state index is 0.308. The number of rotatable bonds is 7. The summed E-state index contributed by atoms with van der Waals surface area (Å²) in [5.74, 6) is 2.49. The molecule has 0 N–H and O–H groups in total. The Morgan fingerprint density at radius 3 is 2.30 bits per heavy atom. The number of hydrogen-bond donors (Lipinski definition) is 0. The number of carbonyl (C=O) groups excluding carboxylic acids is 1. The van der Waals surface area contributed by atoms with E-state index in [-0.39, 0.29) is 0 Å². The largest absolute Gasteiger partial charge is 0.490 e. The monoisotopic (exact) mass is 308 g/mol. The number of furan rings is 1. The van der Waals surface area contributed by atoms with E-state index in [2.05, 4.69) is 0 Å². The second-order valence-electron chi connectivity index (χ2n) is 4.86. The minimum Gasteiger partial charge on any atom is -0.490 e. The van der Waals surface area contributed by atoms with Gasteiger partial charge in [0.05, 0.1) is 0 Å². The Kier molecular flexibility index (Phi) is 4.74. The number of carbonyl (C=O) groups is 1. The summed E-state index contributed by atoms with van der Waals surface area (Å²) < 4.78 is 16.7. The average Bonchev–Trinajstić information content (AvgIpc) is 3.09. The predicted molar refractivity (Wildman–Crippen MR) is 87.0 cm³/mol. The fourth-order valence-corrected chi connectivity index (χ4v) is 2.15. The summed E-state index contributed by atoms with van der Waals surface area (Å²) in [6.07, 6.45) is 0.685. The Morgan fingerprint density at radius 2 is 1.57 bits per heavy atom. The molecule has 3 rings (SSSR count). The molecule has 4 heteroatoms. The molecule has 0 saturated heterocycles. The van der Waals surface area contributed by atoms with Crippen LogP contribution in [0.15, 0.2) is 71.1 Å².